The summed E-state index contributed by atoms with van der Waals surface area (Å²) >= 11 is 0. The fourth-order valence-corrected chi connectivity index (χ4v) is 5.35. The Morgan fingerprint density at radius 2 is 1.88 bits per heavy atom. The molecule has 1 saturated heterocycles. The maximum Gasteiger partial charge on any atom is 0.255 e. The standard InChI is InChI=1S/C26H29N3O4/c1-33-20-6-2-16(3-7-20)12-17-4-9-22(27-14-17)18-5-8-21-19(13-18)15-29(26(21)32)23-10-11-24(30)28-25(23)31/h4-5,8-9,13-14,16,20,23H,2-3,6-7,10-12,15H2,1H3,(H,28,30,31). The van der Waals surface area contributed by atoms with E-state index in [-0.39, 0.29) is 24.1 Å². The Morgan fingerprint density at radius 3 is 2.58 bits per heavy atom. The molecule has 172 valence electrons. The van der Waals surface area contributed by atoms with Crippen molar-refractivity contribution >= 4 is 17.7 Å². The van der Waals surface area contributed by atoms with Crippen LogP contribution in [0.5, 0.6) is 0 Å². The summed E-state index contributed by atoms with van der Waals surface area (Å²) < 4.78 is 5.47. The lowest BCUT2D eigenvalue weighted by molar-refractivity contribution is -0.136. The van der Waals surface area contributed by atoms with Crippen LogP contribution in [0.4, 0.5) is 0 Å². The Morgan fingerprint density at radius 1 is 1.06 bits per heavy atom. The minimum Gasteiger partial charge on any atom is -0.381 e. The van der Waals surface area contributed by atoms with E-state index in [2.05, 4.69) is 11.4 Å². The number of hydrogen-bond acceptors (Lipinski definition) is 5. The number of pyridine rings is 1. The van der Waals surface area contributed by atoms with Gasteiger partial charge in [0.15, 0.2) is 0 Å². The van der Waals surface area contributed by atoms with Crippen LogP contribution in [0.25, 0.3) is 11.3 Å². The number of aromatic nitrogens is 1. The van der Waals surface area contributed by atoms with Crippen LogP contribution in [-0.2, 0) is 27.3 Å². The Bertz CT molecular complexity index is 1070. The number of piperidine rings is 1. The molecular weight excluding hydrogens is 418 g/mol. The van der Waals surface area contributed by atoms with Crippen LogP contribution in [-0.4, -0.2) is 46.9 Å². The molecule has 1 unspecified atom stereocenters. The van der Waals surface area contributed by atoms with Gasteiger partial charge >= 0.3 is 0 Å². The average Bonchev–Trinajstić information content (AvgIpc) is 3.15. The largest absolute Gasteiger partial charge is 0.381 e. The van der Waals surface area contributed by atoms with Crippen molar-refractivity contribution < 1.29 is 19.1 Å². The molecule has 0 spiro atoms. The molecule has 2 aliphatic heterocycles. The van der Waals surface area contributed by atoms with Crippen molar-refractivity contribution in [2.75, 3.05) is 7.11 Å². The van der Waals surface area contributed by atoms with Gasteiger partial charge < -0.3 is 9.64 Å². The van der Waals surface area contributed by atoms with Gasteiger partial charge in [-0.2, -0.15) is 0 Å². The Balaban J connectivity index is 1.26. The van der Waals surface area contributed by atoms with Crippen molar-refractivity contribution in [1.82, 2.24) is 15.2 Å². The zero-order valence-electron chi connectivity index (χ0n) is 18.9. The van der Waals surface area contributed by atoms with Crippen molar-refractivity contribution in [1.29, 1.82) is 0 Å². The SMILES string of the molecule is COC1CCC(Cc2ccc(-c3ccc4c(c3)CN(C3CCC(=O)NC3=O)C4=O)nc2)CC1. The molecule has 1 atom stereocenters. The number of hydrogen-bond donors (Lipinski definition) is 1. The predicted molar refractivity (Wildman–Crippen MR) is 122 cm³/mol. The monoisotopic (exact) mass is 447 g/mol. The van der Waals surface area contributed by atoms with Gasteiger partial charge in [0.2, 0.25) is 11.8 Å². The van der Waals surface area contributed by atoms with E-state index in [4.69, 9.17) is 9.72 Å². The van der Waals surface area contributed by atoms with E-state index in [1.165, 1.54) is 18.4 Å². The summed E-state index contributed by atoms with van der Waals surface area (Å²) in [6.07, 6.45) is 8.71. The van der Waals surface area contributed by atoms with E-state index in [1.807, 2.05) is 30.5 Å². The highest BCUT2D eigenvalue weighted by atomic mass is 16.5. The normalized spacial score (nSPS) is 25.2. The van der Waals surface area contributed by atoms with Crippen molar-refractivity contribution in [3.8, 4) is 11.3 Å². The van der Waals surface area contributed by atoms with Gasteiger partial charge in [0.25, 0.3) is 5.91 Å². The zero-order valence-corrected chi connectivity index (χ0v) is 18.9. The summed E-state index contributed by atoms with van der Waals surface area (Å²) in [4.78, 5) is 42.8. The van der Waals surface area contributed by atoms with Crippen LogP contribution in [0.2, 0.25) is 0 Å². The predicted octanol–water partition coefficient (Wildman–Crippen LogP) is 3.26. The molecule has 1 aromatic carbocycles. The first-order chi connectivity index (χ1) is 16.0. The average molecular weight is 448 g/mol. The zero-order chi connectivity index (χ0) is 22.9. The van der Waals surface area contributed by atoms with Gasteiger partial charge in [-0.15, -0.1) is 0 Å². The number of rotatable bonds is 5. The maximum absolute atomic E-state index is 12.9. The van der Waals surface area contributed by atoms with Gasteiger partial charge in [-0.1, -0.05) is 12.1 Å². The van der Waals surface area contributed by atoms with E-state index in [0.29, 0.717) is 30.6 Å². The van der Waals surface area contributed by atoms with E-state index in [1.54, 1.807) is 12.0 Å². The molecule has 3 amide bonds. The lowest BCUT2D eigenvalue weighted by Crippen LogP contribution is -2.52. The Kier molecular flexibility index (Phi) is 5.98. The van der Waals surface area contributed by atoms with Crippen LogP contribution in [0.1, 0.15) is 60.0 Å². The van der Waals surface area contributed by atoms with E-state index in [9.17, 15) is 14.4 Å². The number of fused-ring (bicyclic) bond motifs is 1. The molecule has 3 aliphatic rings. The summed E-state index contributed by atoms with van der Waals surface area (Å²) in [5.74, 6) is -0.133. The molecule has 2 aromatic rings. The molecule has 1 N–H and O–H groups in total. The first kappa shape index (κ1) is 21.8. The smallest absolute Gasteiger partial charge is 0.255 e. The van der Waals surface area contributed by atoms with Crippen LogP contribution < -0.4 is 5.32 Å². The number of benzene rings is 1. The summed E-state index contributed by atoms with van der Waals surface area (Å²) in [6, 6.07) is 9.34. The summed E-state index contributed by atoms with van der Waals surface area (Å²) in [5, 5.41) is 2.34. The lowest BCUT2D eigenvalue weighted by Gasteiger charge is -2.29. The third-order valence-electron chi connectivity index (χ3n) is 7.30. The summed E-state index contributed by atoms with van der Waals surface area (Å²) in [6.45, 7) is 0.372. The number of carbonyl (C=O) groups excluding carboxylic acids is 3. The fraction of sp³-hybridized carbons (Fsp3) is 0.462. The number of ether oxygens (including phenoxy) is 1. The molecule has 7 nitrogen and oxygen atoms in total. The number of amides is 3. The highest BCUT2D eigenvalue weighted by Crippen LogP contribution is 2.32. The number of carbonyl (C=O) groups is 3. The Hall–Kier alpha value is -3.06. The van der Waals surface area contributed by atoms with Crippen LogP contribution >= 0.6 is 0 Å². The molecule has 0 bridgehead atoms. The lowest BCUT2D eigenvalue weighted by atomic mass is 9.83. The summed E-state index contributed by atoms with van der Waals surface area (Å²) in [5.41, 5.74) is 4.59. The molecule has 5 rings (SSSR count). The van der Waals surface area contributed by atoms with Gasteiger partial charge in [0, 0.05) is 37.4 Å². The fourth-order valence-electron chi connectivity index (χ4n) is 5.35. The molecule has 33 heavy (non-hydrogen) atoms. The molecule has 2 fully saturated rings. The van der Waals surface area contributed by atoms with Crippen molar-refractivity contribution in [2.24, 2.45) is 5.92 Å². The number of nitrogens with one attached hydrogen (secondary N) is 1. The number of methoxy groups -OCH3 is 1. The highest BCUT2D eigenvalue weighted by molar-refractivity contribution is 6.05. The molecule has 1 aliphatic carbocycles. The quantitative estimate of drug-likeness (QED) is 0.711. The first-order valence-corrected chi connectivity index (χ1v) is 11.8. The van der Waals surface area contributed by atoms with Gasteiger partial charge in [0.05, 0.1) is 11.8 Å². The van der Waals surface area contributed by atoms with E-state index >= 15 is 0 Å². The van der Waals surface area contributed by atoms with Gasteiger partial charge in [0.1, 0.15) is 6.04 Å². The molecule has 1 saturated carbocycles. The Labute approximate surface area is 193 Å². The minimum absolute atomic E-state index is 0.155. The molecule has 7 heteroatoms. The maximum atomic E-state index is 12.9. The van der Waals surface area contributed by atoms with Crippen molar-refractivity contribution in [2.45, 2.75) is 63.6 Å². The second-order valence-electron chi connectivity index (χ2n) is 9.41. The van der Waals surface area contributed by atoms with Crippen LogP contribution in [0.3, 0.4) is 0 Å². The number of imide groups is 1. The van der Waals surface area contributed by atoms with Crippen molar-refractivity contribution in [3.05, 3.63) is 53.2 Å². The van der Waals surface area contributed by atoms with Crippen LogP contribution in [0, 0.1) is 5.92 Å². The van der Waals surface area contributed by atoms with Crippen LogP contribution in [0.15, 0.2) is 36.5 Å². The van der Waals surface area contributed by atoms with Gasteiger partial charge in [-0.3, -0.25) is 24.7 Å². The third-order valence-corrected chi connectivity index (χ3v) is 7.30. The van der Waals surface area contributed by atoms with Gasteiger partial charge in [-0.05, 0) is 73.8 Å². The van der Waals surface area contributed by atoms with Gasteiger partial charge in [-0.25, -0.2) is 0 Å². The molecule has 3 heterocycles. The second kappa shape index (κ2) is 9.06. The number of nitrogens with zero attached hydrogens (tertiary/aromatic N) is 2. The first-order valence-electron chi connectivity index (χ1n) is 11.8. The summed E-state index contributed by atoms with van der Waals surface area (Å²) in [7, 11) is 1.80. The minimum atomic E-state index is -0.595. The van der Waals surface area contributed by atoms with E-state index < -0.39 is 6.04 Å². The van der Waals surface area contributed by atoms with E-state index in [0.717, 1.165) is 36.1 Å². The van der Waals surface area contributed by atoms with Crippen molar-refractivity contribution in [3.63, 3.8) is 0 Å². The molecular formula is C26H29N3O4. The topological polar surface area (TPSA) is 88.6 Å². The molecule has 0 radical (unpaired) electrons. The second-order valence-corrected chi connectivity index (χ2v) is 9.41. The highest BCUT2D eigenvalue weighted by Gasteiger charge is 2.39. The third kappa shape index (κ3) is 4.42. The molecule has 1 aromatic heterocycles.